The molecule has 0 saturated carbocycles. The van der Waals surface area contributed by atoms with Crippen LogP contribution < -0.4 is 0 Å². The lowest BCUT2D eigenvalue weighted by Crippen LogP contribution is -2.17. The first-order valence-electron chi connectivity index (χ1n) is 5.61. The van der Waals surface area contributed by atoms with Gasteiger partial charge in [0.25, 0.3) is 5.69 Å². The summed E-state index contributed by atoms with van der Waals surface area (Å²) >= 11 is 0. The van der Waals surface area contributed by atoms with Gasteiger partial charge in [0.05, 0.1) is 10.5 Å². The summed E-state index contributed by atoms with van der Waals surface area (Å²) < 4.78 is 5.40. The molecule has 0 bridgehead atoms. The zero-order valence-electron chi connectivity index (χ0n) is 10.7. The fourth-order valence-corrected chi connectivity index (χ4v) is 1.61. The van der Waals surface area contributed by atoms with Crippen molar-refractivity contribution in [2.45, 2.75) is 19.4 Å². The van der Waals surface area contributed by atoms with Crippen LogP contribution in [0.25, 0.3) is 6.08 Å². The Morgan fingerprint density at radius 2 is 2.16 bits per heavy atom. The number of nitro groups is 1. The second-order valence-electron chi connectivity index (χ2n) is 4.74. The Morgan fingerprint density at radius 1 is 1.42 bits per heavy atom. The summed E-state index contributed by atoms with van der Waals surface area (Å²) in [7, 11) is 0. The third-order valence-electron chi connectivity index (χ3n) is 2.49. The molecule has 0 N–H and O–H groups in total. The molecule has 1 aromatic carbocycles. The van der Waals surface area contributed by atoms with E-state index in [1.165, 1.54) is 12.1 Å². The molecule has 102 valence electrons. The highest BCUT2D eigenvalue weighted by Crippen LogP contribution is 2.18. The van der Waals surface area contributed by atoms with E-state index in [-0.39, 0.29) is 23.6 Å². The molecule has 0 amide bonds. The van der Waals surface area contributed by atoms with Crippen LogP contribution in [0.15, 0.2) is 35.3 Å². The van der Waals surface area contributed by atoms with Gasteiger partial charge < -0.3 is 4.74 Å². The molecule has 0 fully saturated rings. The second kappa shape index (κ2) is 5.84. The Morgan fingerprint density at radius 3 is 2.74 bits per heavy atom. The van der Waals surface area contributed by atoms with E-state index in [2.05, 4.69) is 4.99 Å². The molecule has 5 nitrogen and oxygen atoms in total. The third kappa shape index (κ3) is 4.06. The van der Waals surface area contributed by atoms with Crippen LogP contribution in [0.1, 0.15) is 19.4 Å². The summed E-state index contributed by atoms with van der Waals surface area (Å²) in [6.07, 6.45) is 3.49. The minimum atomic E-state index is -0.413. The van der Waals surface area contributed by atoms with Crippen molar-refractivity contribution in [2.24, 2.45) is 4.99 Å². The smallest absolute Gasteiger partial charge is 0.270 e. The van der Waals surface area contributed by atoms with Crippen LogP contribution in [-0.2, 0) is 4.74 Å². The number of halogens is 1. The molecule has 19 heavy (non-hydrogen) atoms. The van der Waals surface area contributed by atoms with Crippen molar-refractivity contribution in [2.75, 3.05) is 6.61 Å². The lowest BCUT2D eigenvalue weighted by atomic mass is 10.1. The van der Waals surface area contributed by atoms with Crippen molar-refractivity contribution < 1.29 is 9.66 Å². The van der Waals surface area contributed by atoms with E-state index in [9.17, 15) is 10.1 Å². The Kier molecular flexibility index (Phi) is 4.67. The number of non-ortho nitro benzene ring substituents is 1. The number of nitrogens with zero attached hydrogens (tertiary/aromatic N) is 2. The van der Waals surface area contributed by atoms with Crippen molar-refractivity contribution in [3.05, 3.63) is 46.0 Å². The monoisotopic (exact) mass is 282 g/mol. The fourth-order valence-electron chi connectivity index (χ4n) is 1.61. The molecule has 0 saturated heterocycles. The van der Waals surface area contributed by atoms with Crippen LogP contribution in [0.4, 0.5) is 5.69 Å². The van der Waals surface area contributed by atoms with Gasteiger partial charge in [0.1, 0.15) is 6.61 Å². The predicted molar refractivity (Wildman–Crippen MR) is 76.8 cm³/mol. The van der Waals surface area contributed by atoms with E-state index < -0.39 is 4.92 Å². The maximum Gasteiger partial charge on any atom is 0.270 e. The van der Waals surface area contributed by atoms with Crippen LogP contribution >= 0.6 is 12.4 Å². The van der Waals surface area contributed by atoms with Crippen LogP contribution in [0.2, 0.25) is 0 Å². The number of aliphatic imine (C=N–C) groups is 1. The highest BCUT2D eigenvalue weighted by atomic mass is 35.5. The largest absolute Gasteiger partial charge is 0.475 e. The Hall–Kier alpha value is -1.88. The van der Waals surface area contributed by atoms with Crippen LogP contribution in [-0.4, -0.2) is 23.0 Å². The quantitative estimate of drug-likeness (QED) is 0.631. The van der Waals surface area contributed by atoms with Crippen LogP contribution in [0, 0.1) is 10.1 Å². The van der Waals surface area contributed by atoms with Gasteiger partial charge in [0, 0.05) is 18.2 Å². The Labute approximate surface area is 117 Å². The molecule has 0 spiro atoms. The standard InChI is InChI=1S/C13H14N2O3.ClH/c1-13(2)9-18-12(14-13)7-6-10-4-3-5-11(8-10)15(16)17;/h3-8H,9H2,1-2H3;1H/b7-6+;. The van der Waals surface area contributed by atoms with E-state index in [1.54, 1.807) is 24.3 Å². The van der Waals surface area contributed by atoms with Gasteiger partial charge in [-0.25, -0.2) is 4.99 Å². The van der Waals surface area contributed by atoms with Gasteiger partial charge >= 0.3 is 0 Å². The Bertz CT molecular complexity index is 538. The average molecular weight is 283 g/mol. The van der Waals surface area contributed by atoms with Gasteiger partial charge in [-0.05, 0) is 25.5 Å². The summed E-state index contributed by atoms with van der Waals surface area (Å²) in [5, 5.41) is 10.6. The maximum atomic E-state index is 10.6. The minimum Gasteiger partial charge on any atom is -0.475 e. The molecule has 1 heterocycles. The summed E-state index contributed by atoms with van der Waals surface area (Å²) in [5.41, 5.74) is 0.634. The summed E-state index contributed by atoms with van der Waals surface area (Å²) in [6, 6.07) is 6.42. The summed E-state index contributed by atoms with van der Waals surface area (Å²) in [6.45, 7) is 4.53. The van der Waals surface area contributed by atoms with Crippen LogP contribution in [0.3, 0.4) is 0 Å². The minimum absolute atomic E-state index is 0. The van der Waals surface area contributed by atoms with Crippen molar-refractivity contribution >= 4 is 30.1 Å². The van der Waals surface area contributed by atoms with E-state index in [4.69, 9.17) is 4.74 Å². The first kappa shape index (κ1) is 15.2. The third-order valence-corrected chi connectivity index (χ3v) is 2.49. The molecular formula is C13H15ClN2O3. The number of hydrogen-bond acceptors (Lipinski definition) is 4. The van der Waals surface area contributed by atoms with E-state index in [1.807, 2.05) is 13.8 Å². The van der Waals surface area contributed by atoms with Crippen molar-refractivity contribution in [1.82, 2.24) is 0 Å². The number of benzene rings is 1. The van der Waals surface area contributed by atoms with Gasteiger partial charge in [-0.3, -0.25) is 10.1 Å². The average Bonchev–Trinajstić information content (AvgIpc) is 2.67. The van der Waals surface area contributed by atoms with Gasteiger partial charge in [0.2, 0.25) is 5.90 Å². The number of ether oxygens (including phenoxy) is 1. The fraction of sp³-hybridized carbons (Fsp3) is 0.308. The van der Waals surface area contributed by atoms with Crippen molar-refractivity contribution in [1.29, 1.82) is 0 Å². The molecule has 1 aliphatic heterocycles. The Balaban J connectivity index is 0.00000180. The first-order chi connectivity index (χ1) is 8.46. The zero-order chi connectivity index (χ0) is 13.2. The van der Waals surface area contributed by atoms with Gasteiger partial charge in [-0.1, -0.05) is 12.1 Å². The number of nitro benzene ring substituents is 1. The molecule has 2 rings (SSSR count). The lowest BCUT2D eigenvalue weighted by molar-refractivity contribution is -0.384. The molecule has 0 unspecified atom stereocenters. The normalized spacial score (nSPS) is 16.6. The maximum absolute atomic E-state index is 10.6. The van der Waals surface area contributed by atoms with Gasteiger partial charge in [0.15, 0.2) is 0 Å². The molecule has 1 aliphatic rings. The highest BCUT2D eigenvalue weighted by Gasteiger charge is 2.24. The molecule has 6 heteroatoms. The molecular weight excluding hydrogens is 268 g/mol. The first-order valence-corrected chi connectivity index (χ1v) is 5.61. The summed E-state index contributed by atoms with van der Waals surface area (Å²) in [4.78, 5) is 14.6. The highest BCUT2D eigenvalue weighted by molar-refractivity contribution is 5.93. The molecule has 0 radical (unpaired) electrons. The predicted octanol–water partition coefficient (Wildman–Crippen LogP) is 3.24. The van der Waals surface area contributed by atoms with Gasteiger partial charge in [-0.15, -0.1) is 12.4 Å². The molecule has 0 aromatic heterocycles. The van der Waals surface area contributed by atoms with Crippen molar-refractivity contribution in [3.8, 4) is 0 Å². The van der Waals surface area contributed by atoms with E-state index in [0.29, 0.717) is 12.5 Å². The zero-order valence-corrected chi connectivity index (χ0v) is 11.5. The molecule has 0 aliphatic carbocycles. The molecule has 0 atom stereocenters. The summed E-state index contributed by atoms with van der Waals surface area (Å²) in [5.74, 6) is 0.562. The topological polar surface area (TPSA) is 64.7 Å². The second-order valence-corrected chi connectivity index (χ2v) is 4.74. The number of rotatable bonds is 3. The lowest BCUT2D eigenvalue weighted by Gasteiger charge is -2.07. The number of hydrogen-bond donors (Lipinski definition) is 0. The van der Waals surface area contributed by atoms with Crippen molar-refractivity contribution in [3.63, 3.8) is 0 Å². The SMILES string of the molecule is CC1(C)COC(/C=C/c2cccc([N+](=O)[O-])c2)=N1.Cl. The molecule has 1 aromatic rings. The van der Waals surface area contributed by atoms with Gasteiger partial charge in [-0.2, -0.15) is 0 Å². The van der Waals surface area contributed by atoms with E-state index >= 15 is 0 Å². The van der Waals surface area contributed by atoms with E-state index in [0.717, 1.165) is 5.56 Å². The van der Waals surface area contributed by atoms with Crippen LogP contribution in [0.5, 0.6) is 0 Å².